The molecular formula is C21H24N4O2S2. The minimum absolute atomic E-state index is 0.0926. The molecule has 0 saturated carbocycles. The Kier molecular flexibility index (Phi) is 5.40. The monoisotopic (exact) mass is 428 g/mol. The molecule has 6 nitrogen and oxygen atoms in total. The van der Waals surface area contributed by atoms with Crippen LogP contribution >= 0.6 is 23.6 Å². The molecule has 2 aromatic heterocycles. The molecular weight excluding hydrogens is 404 g/mol. The summed E-state index contributed by atoms with van der Waals surface area (Å²) in [5, 5.41) is 0.868. The summed E-state index contributed by atoms with van der Waals surface area (Å²) in [6.45, 7) is 7.22. The van der Waals surface area contributed by atoms with Crippen molar-refractivity contribution < 1.29 is 9.53 Å². The van der Waals surface area contributed by atoms with Crippen LogP contribution in [0.1, 0.15) is 56.1 Å². The van der Waals surface area contributed by atoms with E-state index in [0.717, 1.165) is 34.1 Å². The largest absolute Gasteiger partial charge is 0.445 e. The molecule has 1 aliphatic heterocycles. The molecule has 0 aliphatic carbocycles. The van der Waals surface area contributed by atoms with E-state index in [1.165, 1.54) is 11.3 Å². The van der Waals surface area contributed by atoms with Crippen LogP contribution < -0.4 is 0 Å². The number of nitrogens with one attached hydrogen (secondary N) is 1. The molecule has 4 rings (SSSR count). The van der Waals surface area contributed by atoms with Crippen LogP contribution in [0, 0.1) is 4.64 Å². The Morgan fingerprint density at radius 2 is 2.07 bits per heavy atom. The highest BCUT2D eigenvalue weighted by atomic mass is 32.1. The van der Waals surface area contributed by atoms with Gasteiger partial charge in [0.15, 0.2) is 0 Å². The maximum absolute atomic E-state index is 12.7. The first kappa shape index (κ1) is 20.0. The topological polar surface area (TPSA) is 71.1 Å². The molecule has 1 aliphatic rings. The summed E-state index contributed by atoms with van der Waals surface area (Å²) in [7, 11) is 0. The van der Waals surface area contributed by atoms with E-state index in [4.69, 9.17) is 26.9 Å². The number of fused-ring (bicyclic) bond motifs is 1. The van der Waals surface area contributed by atoms with Crippen LogP contribution in [-0.4, -0.2) is 32.5 Å². The standard InChI is InChI=1S/C21H24N4O2S2/c1-21(2,3)19-23-16(28)15-18(24-19)29-17(22-15)14-10-7-11-25(14)20(26)27-12-13-8-5-4-6-9-13/h4-6,8-9,14H,7,10-12H2,1-3H3,(H,23,24,28). The molecule has 3 aromatic rings. The summed E-state index contributed by atoms with van der Waals surface area (Å²) in [4.78, 5) is 28.0. The van der Waals surface area contributed by atoms with E-state index in [2.05, 4.69) is 25.8 Å². The van der Waals surface area contributed by atoms with Crippen LogP contribution in [0.2, 0.25) is 0 Å². The fraction of sp³-hybridized carbons (Fsp3) is 0.429. The van der Waals surface area contributed by atoms with Gasteiger partial charge in [0, 0.05) is 12.0 Å². The normalized spacial score (nSPS) is 17.1. The zero-order valence-corrected chi connectivity index (χ0v) is 18.4. The molecule has 1 unspecified atom stereocenters. The van der Waals surface area contributed by atoms with Crippen molar-refractivity contribution in [3.05, 3.63) is 51.4 Å². The van der Waals surface area contributed by atoms with Gasteiger partial charge in [-0.15, -0.1) is 0 Å². The van der Waals surface area contributed by atoms with Gasteiger partial charge in [-0.2, -0.15) is 0 Å². The summed E-state index contributed by atoms with van der Waals surface area (Å²) in [5.74, 6) is 0.843. The number of likely N-dealkylation sites (tertiary alicyclic amines) is 1. The summed E-state index contributed by atoms with van der Waals surface area (Å²) >= 11 is 7.03. The average molecular weight is 429 g/mol. The highest BCUT2D eigenvalue weighted by Crippen LogP contribution is 2.37. The van der Waals surface area contributed by atoms with Crippen LogP contribution in [0.3, 0.4) is 0 Å². The summed E-state index contributed by atoms with van der Waals surface area (Å²) < 4.78 is 6.14. The molecule has 152 valence electrons. The number of hydrogen-bond acceptors (Lipinski definition) is 6. The molecule has 0 radical (unpaired) electrons. The van der Waals surface area contributed by atoms with Gasteiger partial charge in [-0.3, -0.25) is 4.90 Å². The van der Waals surface area contributed by atoms with Crippen LogP contribution in [0.25, 0.3) is 10.3 Å². The summed E-state index contributed by atoms with van der Waals surface area (Å²) in [6, 6.07) is 9.62. The lowest BCUT2D eigenvalue weighted by Gasteiger charge is -2.22. The quantitative estimate of drug-likeness (QED) is 0.556. The van der Waals surface area contributed by atoms with Crippen LogP contribution in [0.5, 0.6) is 0 Å². The number of amides is 1. The molecule has 1 fully saturated rings. The number of aromatic amines is 1. The van der Waals surface area contributed by atoms with Gasteiger partial charge >= 0.3 is 6.09 Å². The number of benzene rings is 1. The third kappa shape index (κ3) is 4.18. The number of carbonyl (C=O) groups excluding carboxylic acids is 1. The molecule has 29 heavy (non-hydrogen) atoms. The molecule has 8 heteroatoms. The van der Waals surface area contributed by atoms with Gasteiger partial charge in [-0.05, 0) is 18.4 Å². The zero-order chi connectivity index (χ0) is 20.6. The van der Waals surface area contributed by atoms with E-state index < -0.39 is 0 Å². The second kappa shape index (κ2) is 7.84. The van der Waals surface area contributed by atoms with E-state index in [0.29, 0.717) is 16.7 Å². The number of H-pyrrole nitrogens is 1. The maximum Gasteiger partial charge on any atom is 0.410 e. The molecule has 3 heterocycles. The van der Waals surface area contributed by atoms with Crippen molar-refractivity contribution in [1.82, 2.24) is 19.9 Å². The van der Waals surface area contributed by atoms with Gasteiger partial charge in [0.1, 0.15) is 32.4 Å². The molecule has 1 atom stereocenters. The van der Waals surface area contributed by atoms with Crippen LogP contribution in [0.15, 0.2) is 30.3 Å². The second-order valence-corrected chi connectivity index (χ2v) is 9.68. The summed E-state index contributed by atoms with van der Waals surface area (Å²) in [6.07, 6.45) is 1.49. The Morgan fingerprint density at radius 1 is 1.31 bits per heavy atom. The van der Waals surface area contributed by atoms with Gasteiger partial charge in [-0.25, -0.2) is 14.8 Å². The minimum atomic E-state index is -0.302. The van der Waals surface area contributed by atoms with E-state index in [9.17, 15) is 4.79 Å². The van der Waals surface area contributed by atoms with Crippen molar-refractivity contribution in [3.63, 3.8) is 0 Å². The van der Waals surface area contributed by atoms with E-state index >= 15 is 0 Å². The third-order valence-corrected chi connectivity index (χ3v) is 6.32. The van der Waals surface area contributed by atoms with Gasteiger partial charge in [-0.1, -0.05) is 74.7 Å². The minimum Gasteiger partial charge on any atom is -0.445 e. The van der Waals surface area contributed by atoms with E-state index in [1.54, 1.807) is 4.90 Å². The zero-order valence-electron chi connectivity index (χ0n) is 16.8. The van der Waals surface area contributed by atoms with E-state index in [1.807, 2.05) is 30.3 Å². The Labute approximate surface area is 179 Å². The van der Waals surface area contributed by atoms with Gasteiger partial charge in [0.2, 0.25) is 0 Å². The predicted octanol–water partition coefficient (Wildman–Crippen LogP) is 5.52. The second-order valence-electron chi connectivity index (χ2n) is 8.26. The van der Waals surface area contributed by atoms with Gasteiger partial charge in [0.05, 0.1) is 6.04 Å². The first-order valence-corrected chi connectivity index (χ1v) is 10.9. The fourth-order valence-electron chi connectivity index (χ4n) is 3.39. The molecule has 1 amide bonds. The SMILES string of the molecule is CC(C)(C)c1nc2sc(C3CCCN3C(=O)OCc3ccccc3)nc2c(=S)[nH]1. The fourth-order valence-corrected chi connectivity index (χ4v) is 4.79. The van der Waals surface area contributed by atoms with Crippen molar-refractivity contribution in [2.24, 2.45) is 0 Å². The Balaban J connectivity index is 1.56. The van der Waals surface area contributed by atoms with Crippen molar-refractivity contribution in [2.75, 3.05) is 6.54 Å². The molecule has 1 aromatic carbocycles. The lowest BCUT2D eigenvalue weighted by Crippen LogP contribution is -2.31. The number of carbonyl (C=O) groups is 1. The van der Waals surface area contributed by atoms with Crippen molar-refractivity contribution in [2.45, 2.75) is 51.7 Å². The van der Waals surface area contributed by atoms with Crippen molar-refractivity contribution in [1.29, 1.82) is 0 Å². The Bertz CT molecular complexity index is 1090. The smallest absolute Gasteiger partial charge is 0.410 e. The number of ether oxygens (including phenoxy) is 1. The van der Waals surface area contributed by atoms with Crippen molar-refractivity contribution >= 4 is 40.0 Å². The van der Waals surface area contributed by atoms with Crippen LogP contribution in [-0.2, 0) is 16.8 Å². The average Bonchev–Trinajstić information content (AvgIpc) is 3.33. The number of aromatic nitrogens is 3. The highest BCUT2D eigenvalue weighted by Gasteiger charge is 2.34. The first-order chi connectivity index (χ1) is 13.8. The maximum atomic E-state index is 12.7. The summed E-state index contributed by atoms with van der Waals surface area (Å²) in [5.41, 5.74) is 1.55. The van der Waals surface area contributed by atoms with Crippen molar-refractivity contribution in [3.8, 4) is 0 Å². The number of hydrogen-bond donors (Lipinski definition) is 1. The van der Waals surface area contributed by atoms with E-state index in [-0.39, 0.29) is 24.2 Å². The molecule has 0 spiro atoms. The highest BCUT2D eigenvalue weighted by molar-refractivity contribution is 7.71. The van der Waals surface area contributed by atoms with Gasteiger partial charge in [0.25, 0.3) is 0 Å². The molecule has 1 saturated heterocycles. The predicted molar refractivity (Wildman–Crippen MR) is 117 cm³/mol. The first-order valence-electron chi connectivity index (χ1n) is 9.71. The van der Waals surface area contributed by atoms with Gasteiger partial charge < -0.3 is 9.72 Å². The Morgan fingerprint density at radius 3 is 2.79 bits per heavy atom. The Hall–Kier alpha value is -2.32. The number of rotatable bonds is 3. The molecule has 0 bridgehead atoms. The lowest BCUT2D eigenvalue weighted by atomic mass is 9.96. The third-order valence-electron chi connectivity index (χ3n) is 4.97. The lowest BCUT2D eigenvalue weighted by molar-refractivity contribution is 0.0920. The number of nitrogens with zero attached hydrogens (tertiary/aromatic N) is 3. The van der Waals surface area contributed by atoms with Crippen LogP contribution in [0.4, 0.5) is 4.79 Å². The number of thiazole rings is 1. The molecule has 1 N–H and O–H groups in total.